The van der Waals surface area contributed by atoms with E-state index in [4.69, 9.17) is 5.73 Å². The minimum absolute atomic E-state index is 0.541. The van der Waals surface area contributed by atoms with Gasteiger partial charge in [-0.05, 0) is 25.5 Å². The first kappa shape index (κ1) is 24.0. The molecule has 0 saturated heterocycles. The Labute approximate surface area is 174 Å². The Hall–Kier alpha value is -3.00. The van der Waals surface area contributed by atoms with Crippen LogP contribution in [0.2, 0.25) is 0 Å². The number of nitrogens with one attached hydrogen (secondary N) is 2. The van der Waals surface area contributed by atoms with Crippen LogP contribution in [0.5, 0.6) is 0 Å². The van der Waals surface area contributed by atoms with Crippen molar-refractivity contribution in [2.45, 2.75) is 20.4 Å². The van der Waals surface area contributed by atoms with Crippen molar-refractivity contribution < 1.29 is 0 Å². The molecule has 0 atom stereocenters. The molecule has 0 aliphatic rings. The Kier molecular flexibility index (Phi) is 11.0. The van der Waals surface area contributed by atoms with Gasteiger partial charge in [-0.25, -0.2) is 0 Å². The number of allylic oxidation sites excluding steroid dienone is 1. The molecule has 0 aliphatic heterocycles. The van der Waals surface area contributed by atoms with Gasteiger partial charge < -0.3 is 20.9 Å². The van der Waals surface area contributed by atoms with Crippen LogP contribution in [0.4, 0.5) is 0 Å². The second kappa shape index (κ2) is 13.2. The van der Waals surface area contributed by atoms with E-state index in [-0.39, 0.29) is 0 Å². The van der Waals surface area contributed by atoms with Gasteiger partial charge in [-0.15, -0.1) is 0 Å². The first-order valence-electron chi connectivity index (χ1n) is 9.70. The lowest BCUT2D eigenvalue weighted by molar-refractivity contribution is 0.546. The molecular formula is C21H36N8. The minimum atomic E-state index is 0.541. The highest BCUT2D eigenvalue weighted by atomic mass is 15.3. The lowest BCUT2D eigenvalue weighted by Crippen LogP contribution is -2.30. The molecule has 1 rings (SSSR count). The second-order valence-electron chi connectivity index (χ2n) is 6.83. The molecule has 0 aliphatic carbocycles. The van der Waals surface area contributed by atoms with Crippen LogP contribution in [0.15, 0.2) is 59.1 Å². The van der Waals surface area contributed by atoms with Crippen molar-refractivity contribution in [1.29, 1.82) is 0 Å². The molecule has 8 heteroatoms. The van der Waals surface area contributed by atoms with Crippen LogP contribution in [-0.4, -0.2) is 72.4 Å². The van der Waals surface area contributed by atoms with Gasteiger partial charge in [-0.1, -0.05) is 12.7 Å². The highest BCUT2D eigenvalue weighted by Crippen LogP contribution is 2.15. The average molecular weight is 401 g/mol. The van der Waals surface area contributed by atoms with Crippen molar-refractivity contribution in [3.63, 3.8) is 0 Å². The second-order valence-corrected chi connectivity index (χ2v) is 6.83. The zero-order chi connectivity index (χ0) is 21.6. The molecule has 0 unspecified atom stereocenters. The van der Waals surface area contributed by atoms with Gasteiger partial charge in [-0.2, -0.15) is 0 Å². The monoisotopic (exact) mass is 400 g/mol. The number of aromatic nitrogens is 2. The highest BCUT2D eigenvalue weighted by Gasteiger charge is 2.08. The number of nitrogens with two attached hydrogens (primary N) is 1. The summed E-state index contributed by atoms with van der Waals surface area (Å²) in [4.78, 5) is 12.5. The predicted octanol–water partition coefficient (Wildman–Crippen LogP) is 2.25. The molecule has 0 fully saturated rings. The fraction of sp³-hybridized carbons (Fsp3) is 0.429. The third-order valence-electron chi connectivity index (χ3n) is 3.94. The van der Waals surface area contributed by atoms with E-state index in [2.05, 4.69) is 58.0 Å². The predicted molar refractivity (Wildman–Crippen MR) is 125 cm³/mol. The van der Waals surface area contributed by atoms with Gasteiger partial charge >= 0.3 is 0 Å². The van der Waals surface area contributed by atoms with Crippen LogP contribution in [0.25, 0.3) is 5.70 Å². The molecule has 0 radical (unpaired) electrons. The molecule has 0 amide bonds. The Morgan fingerprint density at radius 1 is 1.34 bits per heavy atom. The lowest BCUT2D eigenvalue weighted by Gasteiger charge is -2.22. The summed E-state index contributed by atoms with van der Waals surface area (Å²) in [7, 11) is 6.00. The summed E-state index contributed by atoms with van der Waals surface area (Å²) in [5, 5.41) is 6.60. The van der Waals surface area contributed by atoms with E-state index < -0.39 is 0 Å². The third kappa shape index (κ3) is 9.66. The van der Waals surface area contributed by atoms with E-state index in [9.17, 15) is 0 Å². The van der Waals surface area contributed by atoms with Crippen LogP contribution < -0.4 is 11.1 Å². The van der Waals surface area contributed by atoms with Crippen molar-refractivity contribution in [3.8, 4) is 0 Å². The van der Waals surface area contributed by atoms with Crippen molar-refractivity contribution in [2.75, 3.05) is 40.8 Å². The summed E-state index contributed by atoms with van der Waals surface area (Å²) in [6.45, 7) is 10.5. The van der Waals surface area contributed by atoms with E-state index >= 15 is 0 Å². The van der Waals surface area contributed by atoms with Crippen LogP contribution in [0, 0.1) is 0 Å². The smallest absolute Gasteiger partial charge is 0.108 e. The van der Waals surface area contributed by atoms with Crippen molar-refractivity contribution in [1.82, 2.24) is 24.9 Å². The van der Waals surface area contributed by atoms with E-state index in [0.717, 1.165) is 24.5 Å². The van der Waals surface area contributed by atoms with Crippen LogP contribution in [0.3, 0.4) is 0 Å². The normalized spacial score (nSPS) is 13.6. The topological polar surface area (TPSA) is 90.0 Å². The highest BCUT2D eigenvalue weighted by molar-refractivity contribution is 5.82. The van der Waals surface area contributed by atoms with Crippen LogP contribution in [-0.2, 0) is 6.54 Å². The van der Waals surface area contributed by atoms with Gasteiger partial charge in [0, 0.05) is 65.2 Å². The maximum absolute atomic E-state index is 6.03. The molecule has 0 bridgehead atoms. The molecule has 0 aromatic carbocycles. The van der Waals surface area contributed by atoms with Crippen LogP contribution >= 0.6 is 0 Å². The summed E-state index contributed by atoms with van der Waals surface area (Å²) >= 11 is 0. The molecule has 29 heavy (non-hydrogen) atoms. The standard InChI is InChI=1S/C21H36N8/c1-7-10-23-12-13-28(6)16-18(3)14-24-15-21(22)25-11-9-20(27(4)5)19-17-29(8-2)26-19/h7,9-10,12-13,16-17,24,26H,1,8,11,14-15H2,2-6H3,(H2,22,25)/b13-12-,18-16+,20-9-,23-10+. The number of amidine groups is 1. The number of rotatable bonds is 13. The SMILES string of the molecule is C=C/C=N/C=C\N(C)/C=C(\C)CNC/C(N)=N\C/C=C(/c1cn(CC)[nH]1)N(C)C. The van der Waals surface area contributed by atoms with E-state index in [0.29, 0.717) is 18.9 Å². The Morgan fingerprint density at radius 3 is 2.69 bits per heavy atom. The van der Waals surface area contributed by atoms with Crippen molar-refractivity contribution in [3.05, 3.63) is 54.8 Å². The molecule has 4 N–H and O–H groups in total. The molecular weight excluding hydrogens is 364 g/mol. The zero-order valence-corrected chi connectivity index (χ0v) is 18.4. The molecule has 0 saturated carbocycles. The Balaban J connectivity index is 2.44. The third-order valence-corrected chi connectivity index (χ3v) is 3.94. The van der Waals surface area contributed by atoms with E-state index in [1.807, 2.05) is 43.1 Å². The first-order valence-corrected chi connectivity index (χ1v) is 9.70. The van der Waals surface area contributed by atoms with Gasteiger partial charge in [-0.3, -0.25) is 19.8 Å². The average Bonchev–Trinajstić information content (AvgIpc) is 2.62. The Bertz CT molecular complexity index is 746. The number of aryl methyl sites for hydroxylation is 1. The molecule has 1 heterocycles. The minimum Gasteiger partial charge on any atom is -0.386 e. The maximum atomic E-state index is 6.03. The molecule has 1 aromatic heterocycles. The number of aromatic amines is 1. The summed E-state index contributed by atoms with van der Waals surface area (Å²) in [5.41, 5.74) is 9.40. The van der Waals surface area contributed by atoms with Crippen LogP contribution in [0.1, 0.15) is 19.5 Å². The maximum Gasteiger partial charge on any atom is 0.108 e. The number of nitrogens with zero attached hydrogens (tertiary/aromatic N) is 5. The van der Waals surface area contributed by atoms with Crippen molar-refractivity contribution >= 4 is 17.7 Å². The fourth-order valence-corrected chi connectivity index (χ4v) is 2.52. The number of hydrogen-bond acceptors (Lipinski definition) is 5. The molecule has 1 aromatic rings. The number of H-pyrrole nitrogens is 1. The molecule has 8 nitrogen and oxygen atoms in total. The first-order chi connectivity index (χ1) is 13.9. The largest absolute Gasteiger partial charge is 0.386 e. The summed E-state index contributed by atoms with van der Waals surface area (Å²) in [5.74, 6) is 0.588. The fourth-order valence-electron chi connectivity index (χ4n) is 2.52. The van der Waals surface area contributed by atoms with Gasteiger partial charge in [0.15, 0.2) is 0 Å². The van der Waals surface area contributed by atoms with Gasteiger partial charge in [0.1, 0.15) is 5.84 Å². The van der Waals surface area contributed by atoms with Gasteiger partial charge in [0.25, 0.3) is 0 Å². The zero-order valence-electron chi connectivity index (χ0n) is 18.4. The lowest BCUT2D eigenvalue weighted by atomic mass is 10.2. The molecule has 160 valence electrons. The van der Waals surface area contributed by atoms with E-state index in [1.54, 1.807) is 18.5 Å². The number of hydrogen-bond donors (Lipinski definition) is 3. The van der Waals surface area contributed by atoms with Gasteiger partial charge in [0.2, 0.25) is 0 Å². The number of aliphatic imine (C=N–C) groups is 2. The summed E-state index contributed by atoms with van der Waals surface area (Å²) in [6, 6.07) is 0. The molecule has 0 spiro atoms. The summed E-state index contributed by atoms with van der Waals surface area (Å²) < 4.78 is 2.03. The van der Waals surface area contributed by atoms with E-state index in [1.165, 1.54) is 5.57 Å². The quantitative estimate of drug-likeness (QED) is 0.350. The van der Waals surface area contributed by atoms with Gasteiger partial charge in [0.05, 0.1) is 24.5 Å². The van der Waals surface area contributed by atoms with Crippen molar-refractivity contribution in [2.24, 2.45) is 15.7 Å². The summed E-state index contributed by atoms with van der Waals surface area (Å²) in [6.07, 6.45) is 13.1. The Morgan fingerprint density at radius 2 is 2.07 bits per heavy atom.